The normalized spacial score (nSPS) is 11.7. The number of aryl methyl sites for hydroxylation is 1. The molecule has 0 heterocycles. The van der Waals surface area contributed by atoms with Crippen LogP contribution in [0.1, 0.15) is 22.3 Å². The van der Waals surface area contributed by atoms with Crippen molar-refractivity contribution in [2.24, 2.45) is 4.99 Å². The Bertz CT molecular complexity index is 971. The third kappa shape index (κ3) is 9.35. The minimum absolute atomic E-state index is 0. The molecule has 31 heavy (non-hydrogen) atoms. The van der Waals surface area contributed by atoms with Crippen molar-refractivity contribution in [3.05, 3.63) is 64.7 Å². The molecule has 0 aliphatic carbocycles. The molecule has 0 fully saturated rings. The van der Waals surface area contributed by atoms with Crippen LogP contribution in [-0.2, 0) is 28.9 Å². The van der Waals surface area contributed by atoms with Crippen molar-refractivity contribution in [2.45, 2.75) is 32.4 Å². The Labute approximate surface area is 198 Å². The first-order valence-electron chi connectivity index (χ1n) is 9.20. The van der Waals surface area contributed by atoms with Gasteiger partial charge in [0.2, 0.25) is 10.0 Å². The Hall–Kier alpha value is -1.99. The van der Waals surface area contributed by atoms with Crippen molar-refractivity contribution in [1.82, 2.24) is 15.4 Å². The Morgan fingerprint density at radius 3 is 2.26 bits per heavy atom. The highest BCUT2D eigenvalue weighted by Gasteiger charge is 2.11. The van der Waals surface area contributed by atoms with Crippen molar-refractivity contribution in [1.29, 1.82) is 0 Å². The van der Waals surface area contributed by atoms with Crippen molar-refractivity contribution in [3.8, 4) is 5.75 Å². The summed E-state index contributed by atoms with van der Waals surface area (Å²) < 4.78 is 55.3. The maximum Gasteiger partial charge on any atom is 0.387 e. The van der Waals surface area contributed by atoms with Crippen LogP contribution in [0.4, 0.5) is 8.78 Å². The van der Waals surface area contributed by atoms with Crippen LogP contribution in [0.15, 0.2) is 47.5 Å². The van der Waals surface area contributed by atoms with Gasteiger partial charge in [0.05, 0.1) is 5.75 Å². The zero-order valence-electron chi connectivity index (χ0n) is 17.5. The number of rotatable bonds is 9. The largest absolute Gasteiger partial charge is 0.434 e. The summed E-state index contributed by atoms with van der Waals surface area (Å²) in [6.45, 7) is -0.319. The van der Waals surface area contributed by atoms with E-state index in [1.807, 2.05) is 19.1 Å². The number of ether oxygens (including phenoxy) is 1. The van der Waals surface area contributed by atoms with Crippen LogP contribution in [0.25, 0.3) is 0 Å². The Kier molecular flexibility index (Phi) is 11.1. The van der Waals surface area contributed by atoms with Gasteiger partial charge in [-0.15, -0.1) is 24.0 Å². The quantitative estimate of drug-likeness (QED) is 0.246. The summed E-state index contributed by atoms with van der Waals surface area (Å²) >= 11 is 0. The molecule has 2 aromatic rings. The first-order valence-corrected chi connectivity index (χ1v) is 10.9. The molecular formula is C20H27F2IN4O3S. The molecule has 0 unspecified atom stereocenters. The Morgan fingerprint density at radius 2 is 1.68 bits per heavy atom. The monoisotopic (exact) mass is 568 g/mol. The first kappa shape index (κ1) is 27.0. The lowest BCUT2D eigenvalue weighted by atomic mass is 10.1. The Balaban J connectivity index is 0.00000480. The van der Waals surface area contributed by atoms with Crippen LogP contribution < -0.4 is 20.1 Å². The summed E-state index contributed by atoms with van der Waals surface area (Å²) in [7, 11) is -0.330. The van der Waals surface area contributed by atoms with Gasteiger partial charge in [-0.3, -0.25) is 4.99 Å². The molecule has 0 radical (unpaired) electrons. The van der Waals surface area contributed by atoms with Crippen LogP contribution in [-0.4, -0.2) is 35.1 Å². The van der Waals surface area contributed by atoms with E-state index in [4.69, 9.17) is 0 Å². The second-order valence-corrected chi connectivity index (χ2v) is 8.48. The van der Waals surface area contributed by atoms with Crippen LogP contribution in [0.5, 0.6) is 5.75 Å². The van der Waals surface area contributed by atoms with Crippen molar-refractivity contribution in [3.63, 3.8) is 0 Å². The van der Waals surface area contributed by atoms with E-state index in [0.29, 0.717) is 23.6 Å². The van der Waals surface area contributed by atoms with E-state index >= 15 is 0 Å². The lowest BCUT2D eigenvalue weighted by molar-refractivity contribution is -0.0504. The smallest absolute Gasteiger partial charge is 0.387 e. The molecule has 172 valence electrons. The predicted molar refractivity (Wildman–Crippen MR) is 128 cm³/mol. The number of benzene rings is 2. The maximum atomic E-state index is 12.6. The van der Waals surface area contributed by atoms with Crippen LogP contribution >= 0.6 is 24.0 Å². The van der Waals surface area contributed by atoms with E-state index in [0.717, 1.165) is 11.1 Å². The average Bonchev–Trinajstić information content (AvgIpc) is 2.70. The van der Waals surface area contributed by atoms with Gasteiger partial charge in [0.15, 0.2) is 5.96 Å². The lowest BCUT2D eigenvalue weighted by Gasteiger charge is -2.15. The highest BCUT2D eigenvalue weighted by atomic mass is 127. The van der Waals surface area contributed by atoms with E-state index in [1.165, 1.54) is 13.1 Å². The highest BCUT2D eigenvalue weighted by molar-refractivity contribution is 14.0. The summed E-state index contributed by atoms with van der Waals surface area (Å²) in [5.74, 6) is 0.520. The van der Waals surface area contributed by atoms with Gasteiger partial charge in [-0.1, -0.05) is 42.0 Å². The molecule has 0 amide bonds. The minimum atomic E-state index is -3.32. The molecule has 0 aromatic heterocycles. The fourth-order valence-corrected chi connectivity index (χ4v) is 3.46. The molecule has 0 aliphatic heterocycles. The molecule has 0 saturated heterocycles. The SMILES string of the molecule is CN=C(NCc1ccc(CS(=O)(=O)NC)cc1)NCc1cc(C)ccc1OC(F)F.I. The summed E-state index contributed by atoms with van der Waals surface area (Å²) in [6, 6.07) is 12.2. The second kappa shape index (κ2) is 12.8. The van der Waals surface area contributed by atoms with Crippen LogP contribution in [0.2, 0.25) is 0 Å². The van der Waals surface area contributed by atoms with Crippen molar-refractivity contribution in [2.75, 3.05) is 14.1 Å². The van der Waals surface area contributed by atoms with Gasteiger partial charge in [0, 0.05) is 25.7 Å². The fraction of sp³-hybridized carbons (Fsp3) is 0.350. The molecule has 3 N–H and O–H groups in total. The number of sulfonamides is 1. The van der Waals surface area contributed by atoms with E-state index in [1.54, 1.807) is 31.3 Å². The lowest BCUT2D eigenvalue weighted by Crippen LogP contribution is -2.36. The number of hydrogen-bond acceptors (Lipinski definition) is 4. The second-order valence-electron chi connectivity index (χ2n) is 6.55. The highest BCUT2D eigenvalue weighted by Crippen LogP contribution is 2.22. The van der Waals surface area contributed by atoms with E-state index in [-0.39, 0.29) is 42.0 Å². The number of halogens is 3. The number of nitrogens with zero attached hydrogens (tertiary/aromatic N) is 1. The number of guanidine groups is 1. The predicted octanol–water partition coefficient (Wildman–Crippen LogP) is 3.13. The summed E-state index contributed by atoms with van der Waals surface area (Å²) in [5, 5.41) is 6.20. The molecule has 0 atom stereocenters. The van der Waals surface area contributed by atoms with Crippen LogP contribution in [0, 0.1) is 6.92 Å². The third-order valence-corrected chi connectivity index (χ3v) is 5.59. The molecule has 2 rings (SSSR count). The maximum absolute atomic E-state index is 12.6. The topological polar surface area (TPSA) is 91.8 Å². The van der Waals surface area contributed by atoms with Gasteiger partial charge >= 0.3 is 6.61 Å². The number of nitrogens with one attached hydrogen (secondary N) is 3. The van der Waals surface area contributed by atoms with Crippen molar-refractivity contribution < 1.29 is 21.9 Å². The average molecular weight is 568 g/mol. The zero-order chi connectivity index (χ0) is 22.1. The van der Waals surface area contributed by atoms with Crippen molar-refractivity contribution >= 4 is 40.0 Å². The van der Waals surface area contributed by atoms with Gasteiger partial charge in [-0.25, -0.2) is 13.1 Å². The molecule has 11 heteroatoms. The Morgan fingerprint density at radius 1 is 1.06 bits per heavy atom. The number of alkyl halides is 2. The molecule has 0 saturated carbocycles. The molecule has 0 bridgehead atoms. The molecule has 7 nitrogen and oxygen atoms in total. The fourth-order valence-electron chi connectivity index (χ4n) is 2.69. The van der Waals surface area contributed by atoms with Gasteiger partial charge < -0.3 is 15.4 Å². The zero-order valence-corrected chi connectivity index (χ0v) is 20.6. The van der Waals surface area contributed by atoms with E-state index in [2.05, 4.69) is 25.1 Å². The van der Waals surface area contributed by atoms with Gasteiger partial charge in [-0.2, -0.15) is 8.78 Å². The summed E-state index contributed by atoms with van der Waals surface area (Å²) in [6.07, 6.45) is 0. The number of hydrogen-bond donors (Lipinski definition) is 3. The van der Waals surface area contributed by atoms with E-state index in [9.17, 15) is 17.2 Å². The van der Waals surface area contributed by atoms with Gasteiger partial charge in [0.25, 0.3) is 0 Å². The summed E-state index contributed by atoms with van der Waals surface area (Å²) in [4.78, 5) is 4.13. The van der Waals surface area contributed by atoms with E-state index < -0.39 is 16.6 Å². The van der Waals surface area contributed by atoms with Gasteiger partial charge in [0.1, 0.15) is 5.75 Å². The molecule has 0 aliphatic rings. The molecule has 2 aromatic carbocycles. The minimum Gasteiger partial charge on any atom is -0.434 e. The third-order valence-electron chi connectivity index (χ3n) is 4.25. The van der Waals surface area contributed by atoms with Gasteiger partial charge in [-0.05, 0) is 31.2 Å². The standard InChI is InChI=1S/C20H26F2N4O3S.HI/c1-14-4-9-18(29-19(21)22)17(10-14)12-26-20(23-2)25-11-15-5-7-16(8-6-15)13-30(27,28)24-3;/h4-10,19,24H,11-13H2,1-3H3,(H2,23,25,26);1H. The molecule has 0 spiro atoms. The summed E-state index contributed by atoms with van der Waals surface area (Å²) in [5.41, 5.74) is 3.13. The first-order chi connectivity index (χ1) is 14.2. The van der Waals surface area contributed by atoms with Crippen LogP contribution in [0.3, 0.4) is 0 Å². The number of aliphatic imine (C=N–C) groups is 1. The molecular weight excluding hydrogens is 541 g/mol.